The van der Waals surface area contributed by atoms with Gasteiger partial charge in [-0.1, -0.05) is 20.8 Å². The number of hydrogen-bond donors (Lipinski definition) is 2. The average Bonchev–Trinajstić information content (AvgIpc) is 2.68. The lowest BCUT2D eigenvalue weighted by atomic mass is 9.96. The lowest BCUT2D eigenvalue weighted by molar-refractivity contribution is -0.142. The molecule has 98 valence electrons. The molecule has 0 spiro atoms. The summed E-state index contributed by atoms with van der Waals surface area (Å²) in [5, 5.41) is 12.1. The lowest BCUT2D eigenvalue weighted by Crippen LogP contribution is -2.47. The maximum absolute atomic E-state index is 12.2. The van der Waals surface area contributed by atoms with Crippen LogP contribution in [-0.2, 0) is 9.59 Å². The predicted molar refractivity (Wildman–Crippen MR) is 64.2 cm³/mol. The summed E-state index contributed by atoms with van der Waals surface area (Å²) in [4.78, 5) is 25.4. The van der Waals surface area contributed by atoms with Crippen LogP contribution in [0.3, 0.4) is 0 Å². The number of amides is 2. The Labute approximate surface area is 102 Å². The fourth-order valence-electron chi connectivity index (χ4n) is 2.02. The molecule has 1 fully saturated rings. The highest BCUT2D eigenvalue weighted by atomic mass is 16.3. The van der Waals surface area contributed by atoms with Gasteiger partial charge in [0, 0.05) is 25.9 Å². The second kappa shape index (κ2) is 5.49. The van der Waals surface area contributed by atoms with Crippen LogP contribution in [0.15, 0.2) is 0 Å². The van der Waals surface area contributed by atoms with Gasteiger partial charge in [0.05, 0.1) is 6.10 Å². The molecule has 3 atom stereocenters. The molecule has 0 bridgehead atoms. The van der Waals surface area contributed by atoms with Crippen molar-refractivity contribution < 1.29 is 14.7 Å². The number of rotatable bonds is 3. The molecule has 0 radical (unpaired) electrons. The minimum absolute atomic E-state index is 0.0508. The van der Waals surface area contributed by atoms with Gasteiger partial charge in [0.25, 0.3) is 0 Å². The van der Waals surface area contributed by atoms with Crippen LogP contribution in [-0.4, -0.2) is 47.6 Å². The Balaban J connectivity index is 2.80. The molecule has 0 saturated carbocycles. The molecule has 0 aliphatic carbocycles. The van der Waals surface area contributed by atoms with Crippen molar-refractivity contribution in [1.29, 1.82) is 0 Å². The van der Waals surface area contributed by atoms with Gasteiger partial charge in [-0.2, -0.15) is 0 Å². The summed E-state index contributed by atoms with van der Waals surface area (Å²) in [5.41, 5.74) is 0. The quantitative estimate of drug-likeness (QED) is 0.731. The fraction of sp³-hybridized carbons (Fsp3) is 0.833. The number of aliphatic hydroxyl groups excluding tert-OH is 1. The summed E-state index contributed by atoms with van der Waals surface area (Å²) in [6, 6.07) is -0.524. The van der Waals surface area contributed by atoms with E-state index in [1.807, 2.05) is 20.8 Å². The zero-order valence-corrected chi connectivity index (χ0v) is 10.9. The van der Waals surface area contributed by atoms with Gasteiger partial charge < -0.3 is 15.3 Å². The largest absolute Gasteiger partial charge is 0.391 e. The Kier molecular flexibility index (Phi) is 4.51. The van der Waals surface area contributed by atoms with Gasteiger partial charge in [-0.3, -0.25) is 9.59 Å². The molecule has 1 aliphatic rings. The summed E-state index contributed by atoms with van der Waals surface area (Å²) in [6.45, 7) is 6.07. The Bertz CT molecular complexity index is 304. The van der Waals surface area contributed by atoms with Crippen LogP contribution in [0.5, 0.6) is 0 Å². The van der Waals surface area contributed by atoms with Crippen LogP contribution >= 0.6 is 0 Å². The second-order valence-corrected chi connectivity index (χ2v) is 5.04. The van der Waals surface area contributed by atoms with Crippen LogP contribution in [0, 0.1) is 11.8 Å². The van der Waals surface area contributed by atoms with Crippen molar-refractivity contribution in [3.8, 4) is 0 Å². The Morgan fingerprint density at radius 3 is 2.41 bits per heavy atom. The number of nitrogens with zero attached hydrogens (tertiary/aromatic N) is 1. The van der Waals surface area contributed by atoms with Crippen LogP contribution in [0.25, 0.3) is 0 Å². The summed E-state index contributed by atoms with van der Waals surface area (Å²) in [7, 11) is 1.54. The molecule has 0 aromatic carbocycles. The number of hydrogen-bond acceptors (Lipinski definition) is 3. The normalized spacial score (nSPS) is 26.1. The van der Waals surface area contributed by atoms with Crippen molar-refractivity contribution in [2.24, 2.45) is 11.8 Å². The molecule has 0 unspecified atom stereocenters. The van der Waals surface area contributed by atoms with E-state index in [1.165, 1.54) is 4.90 Å². The van der Waals surface area contributed by atoms with Crippen LogP contribution in [0.4, 0.5) is 0 Å². The van der Waals surface area contributed by atoms with E-state index in [1.54, 1.807) is 7.05 Å². The van der Waals surface area contributed by atoms with Gasteiger partial charge in [-0.15, -0.1) is 0 Å². The highest BCUT2D eigenvalue weighted by Crippen LogP contribution is 2.23. The highest BCUT2D eigenvalue weighted by molar-refractivity contribution is 5.89. The first-order chi connectivity index (χ1) is 7.88. The van der Waals surface area contributed by atoms with Gasteiger partial charge in [0.15, 0.2) is 0 Å². The van der Waals surface area contributed by atoms with E-state index >= 15 is 0 Å². The van der Waals surface area contributed by atoms with Crippen molar-refractivity contribution >= 4 is 11.8 Å². The molecular formula is C12H22N2O3. The van der Waals surface area contributed by atoms with Crippen molar-refractivity contribution in [1.82, 2.24) is 10.2 Å². The summed E-state index contributed by atoms with van der Waals surface area (Å²) in [5.74, 6) is -0.158. The van der Waals surface area contributed by atoms with Crippen molar-refractivity contribution in [2.75, 3.05) is 13.6 Å². The van der Waals surface area contributed by atoms with Gasteiger partial charge >= 0.3 is 0 Å². The minimum atomic E-state index is -0.597. The second-order valence-electron chi connectivity index (χ2n) is 5.04. The van der Waals surface area contributed by atoms with Gasteiger partial charge in [-0.05, 0) is 5.92 Å². The van der Waals surface area contributed by atoms with Crippen molar-refractivity contribution in [2.45, 2.75) is 39.3 Å². The van der Waals surface area contributed by atoms with Crippen molar-refractivity contribution in [3.05, 3.63) is 0 Å². The molecule has 2 N–H and O–H groups in total. The summed E-state index contributed by atoms with van der Waals surface area (Å²) in [6.07, 6.45) is -0.267. The molecule has 5 heteroatoms. The number of carbonyl (C=O) groups excluding carboxylic acids is 2. The number of β-amino-alcohol motifs (C(OH)–C–C–N with tert-alkyl or cyclic N) is 1. The van der Waals surface area contributed by atoms with Crippen LogP contribution in [0.2, 0.25) is 0 Å². The summed E-state index contributed by atoms with van der Waals surface area (Å²) >= 11 is 0. The fourth-order valence-corrected chi connectivity index (χ4v) is 2.02. The molecule has 1 aliphatic heterocycles. The third-order valence-corrected chi connectivity index (χ3v) is 3.50. The van der Waals surface area contributed by atoms with E-state index in [4.69, 9.17) is 0 Å². The molecular weight excluding hydrogens is 220 g/mol. The van der Waals surface area contributed by atoms with Crippen molar-refractivity contribution in [3.63, 3.8) is 0 Å². The van der Waals surface area contributed by atoms with E-state index in [-0.39, 0.29) is 30.2 Å². The molecule has 1 saturated heterocycles. The maximum Gasteiger partial charge on any atom is 0.242 e. The average molecular weight is 242 g/mol. The zero-order valence-electron chi connectivity index (χ0n) is 10.9. The first-order valence-corrected chi connectivity index (χ1v) is 6.08. The van der Waals surface area contributed by atoms with Crippen LogP contribution < -0.4 is 5.32 Å². The van der Waals surface area contributed by atoms with E-state index < -0.39 is 12.1 Å². The van der Waals surface area contributed by atoms with Crippen LogP contribution in [0.1, 0.15) is 27.2 Å². The number of nitrogens with one attached hydrogen (secondary N) is 1. The summed E-state index contributed by atoms with van der Waals surface area (Å²) < 4.78 is 0. The first-order valence-electron chi connectivity index (χ1n) is 6.08. The molecule has 0 aromatic heterocycles. The van der Waals surface area contributed by atoms with Gasteiger partial charge in [0.2, 0.25) is 11.8 Å². The smallest absolute Gasteiger partial charge is 0.242 e. The topological polar surface area (TPSA) is 69.6 Å². The number of carbonyl (C=O) groups is 2. The maximum atomic E-state index is 12.2. The molecule has 1 rings (SSSR count). The molecule has 5 nitrogen and oxygen atoms in total. The number of likely N-dealkylation sites (tertiary alicyclic amines) is 1. The highest BCUT2D eigenvalue weighted by Gasteiger charge is 2.40. The molecule has 0 aromatic rings. The van der Waals surface area contributed by atoms with E-state index in [0.717, 1.165) is 0 Å². The first kappa shape index (κ1) is 14.0. The minimum Gasteiger partial charge on any atom is -0.391 e. The third kappa shape index (κ3) is 2.97. The monoisotopic (exact) mass is 242 g/mol. The Morgan fingerprint density at radius 1 is 1.35 bits per heavy atom. The van der Waals surface area contributed by atoms with E-state index in [0.29, 0.717) is 6.42 Å². The Morgan fingerprint density at radius 2 is 1.94 bits per heavy atom. The van der Waals surface area contributed by atoms with E-state index in [2.05, 4.69) is 5.32 Å². The number of likely N-dealkylation sites (N-methyl/N-ethyl adjacent to an activating group) is 1. The molecule has 17 heavy (non-hydrogen) atoms. The van der Waals surface area contributed by atoms with Gasteiger partial charge in [-0.25, -0.2) is 0 Å². The molecule has 2 amide bonds. The standard InChI is InChI=1S/C12H22N2O3/c1-7(2)8(3)12(17)14-6-9(15)5-10(14)11(16)13-4/h7-10,15H,5-6H2,1-4H3,(H,13,16)/t8-,9+,10-/m0/s1. The predicted octanol–water partition coefficient (Wildman–Crippen LogP) is -0.0137. The van der Waals surface area contributed by atoms with Gasteiger partial charge in [0.1, 0.15) is 6.04 Å². The lowest BCUT2D eigenvalue weighted by Gasteiger charge is -2.27. The molecule has 1 heterocycles. The SMILES string of the molecule is CNC(=O)[C@@H]1C[C@@H](O)CN1C(=O)[C@@H](C)C(C)C. The number of aliphatic hydroxyl groups is 1. The third-order valence-electron chi connectivity index (χ3n) is 3.50. The Hall–Kier alpha value is -1.10. The zero-order chi connectivity index (χ0) is 13.2. The van der Waals surface area contributed by atoms with E-state index in [9.17, 15) is 14.7 Å².